The molecule has 31 heavy (non-hydrogen) atoms. The van der Waals surface area contributed by atoms with Crippen molar-refractivity contribution in [1.82, 2.24) is 10.6 Å². The first-order valence-corrected chi connectivity index (χ1v) is 10.3. The van der Waals surface area contributed by atoms with Gasteiger partial charge in [0.05, 0.1) is 52.4 Å². The summed E-state index contributed by atoms with van der Waals surface area (Å²) >= 11 is 0. The number of aliphatic hydroxyl groups is 1. The summed E-state index contributed by atoms with van der Waals surface area (Å²) in [7, 11) is 0. The maximum absolute atomic E-state index is 11.6. The van der Waals surface area contributed by atoms with Gasteiger partial charge >= 0.3 is 11.9 Å². The third-order valence-corrected chi connectivity index (χ3v) is 3.40. The number of amides is 2. The van der Waals surface area contributed by atoms with E-state index in [1.165, 1.54) is 0 Å². The van der Waals surface area contributed by atoms with Crippen molar-refractivity contribution in [3.8, 4) is 0 Å². The Labute approximate surface area is 183 Å². The molecule has 0 aliphatic carbocycles. The SMILES string of the molecule is CC(C)(C)OC(=O)CCC(=O)NCCOC(=O)CCC(=O)NCCOCCOCCO. The molecule has 0 saturated heterocycles. The fourth-order valence-corrected chi connectivity index (χ4v) is 2.08. The molecule has 0 aromatic carbocycles. The molecule has 3 N–H and O–H groups in total. The highest BCUT2D eigenvalue weighted by atomic mass is 16.6. The predicted octanol–water partition coefficient (Wildman–Crippen LogP) is -0.310. The Morgan fingerprint density at radius 3 is 1.77 bits per heavy atom. The van der Waals surface area contributed by atoms with Gasteiger partial charge in [-0.15, -0.1) is 0 Å². The molecule has 0 atom stereocenters. The lowest BCUT2D eigenvalue weighted by Gasteiger charge is -2.19. The van der Waals surface area contributed by atoms with E-state index in [4.69, 9.17) is 24.1 Å². The minimum absolute atomic E-state index is 0.0115. The van der Waals surface area contributed by atoms with Gasteiger partial charge in [-0.05, 0) is 20.8 Å². The van der Waals surface area contributed by atoms with Crippen LogP contribution in [-0.2, 0) is 38.1 Å². The molecule has 0 bridgehead atoms. The van der Waals surface area contributed by atoms with Crippen molar-refractivity contribution in [2.75, 3.05) is 52.7 Å². The highest BCUT2D eigenvalue weighted by molar-refractivity contribution is 5.82. The number of aliphatic hydroxyl groups excluding tert-OH is 1. The van der Waals surface area contributed by atoms with Gasteiger partial charge in [0.2, 0.25) is 11.8 Å². The summed E-state index contributed by atoms with van der Waals surface area (Å²) in [5.41, 5.74) is -0.594. The zero-order valence-electron chi connectivity index (χ0n) is 18.7. The molecular weight excluding hydrogens is 412 g/mol. The minimum atomic E-state index is -0.594. The van der Waals surface area contributed by atoms with E-state index >= 15 is 0 Å². The summed E-state index contributed by atoms with van der Waals surface area (Å²) in [5, 5.41) is 13.7. The Bertz CT molecular complexity index is 547. The molecule has 0 spiro atoms. The van der Waals surface area contributed by atoms with Crippen molar-refractivity contribution in [3.05, 3.63) is 0 Å². The van der Waals surface area contributed by atoms with E-state index in [-0.39, 0.29) is 63.9 Å². The molecule has 0 aromatic heterocycles. The first-order chi connectivity index (χ1) is 14.6. The normalized spacial score (nSPS) is 11.0. The molecule has 0 unspecified atom stereocenters. The van der Waals surface area contributed by atoms with Crippen LogP contribution in [0.25, 0.3) is 0 Å². The number of hydrogen-bond acceptors (Lipinski definition) is 9. The number of esters is 2. The fraction of sp³-hybridized carbons (Fsp3) is 0.800. The number of carbonyl (C=O) groups is 4. The molecule has 0 aliphatic rings. The minimum Gasteiger partial charge on any atom is -0.464 e. The van der Waals surface area contributed by atoms with E-state index in [2.05, 4.69) is 10.6 Å². The quantitative estimate of drug-likeness (QED) is 0.201. The second kappa shape index (κ2) is 17.4. The first-order valence-electron chi connectivity index (χ1n) is 10.3. The average Bonchev–Trinajstić information content (AvgIpc) is 2.68. The molecule has 0 saturated carbocycles. The monoisotopic (exact) mass is 448 g/mol. The molecular formula is C20H36N2O9. The number of nitrogens with one attached hydrogen (secondary N) is 2. The molecule has 0 fully saturated rings. The molecule has 180 valence electrons. The van der Waals surface area contributed by atoms with Gasteiger partial charge in [-0.1, -0.05) is 0 Å². The number of hydrogen-bond donors (Lipinski definition) is 3. The zero-order valence-corrected chi connectivity index (χ0v) is 18.7. The van der Waals surface area contributed by atoms with Crippen LogP contribution in [0.1, 0.15) is 46.5 Å². The first kappa shape index (κ1) is 28.8. The van der Waals surface area contributed by atoms with Crippen molar-refractivity contribution in [2.24, 2.45) is 0 Å². The maximum Gasteiger partial charge on any atom is 0.306 e. The second-order valence-corrected chi connectivity index (χ2v) is 7.46. The van der Waals surface area contributed by atoms with Crippen molar-refractivity contribution >= 4 is 23.8 Å². The fourth-order valence-electron chi connectivity index (χ4n) is 2.08. The second-order valence-electron chi connectivity index (χ2n) is 7.46. The van der Waals surface area contributed by atoms with Gasteiger partial charge in [0.15, 0.2) is 0 Å². The molecule has 0 rings (SSSR count). The Kier molecular flexibility index (Phi) is 16.2. The summed E-state index contributed by atoms with van der Waals surface area (Å²) in [4.78, 5) is 46.4. The smallest absolute Gasteiger partial charge is 0.306 e. The van der Waals surface area contributed by atoms with Crippen LogP contribution < -0.4 is 10.6 Å². The number of rotatable bonds is 17. The largest absolute Gasteiger partial charge is 0.464 e. The number of carbonyl (C=O) groups excluding carboxylic acids is 4. The van der Waals surface area contributed by atoms with Crippen LogP contribution >= 0.6 is 0 Å². The van der Waals surface area contributed by atoms with Crippen molar-refractivity contribution in [1.29, 1.82) is 0 Å². The lowest BCUT2D eigenvalue weighted by molar-refractivity contribution is -0.155. The highest BCUT2D eigenvalue weighted by Crippen LogP contribution is 2.08. The zero-order chi connectivity index (χ0) is 23.5. The van der Waals surface area contributed by atoms with Crippen LogP contribution in [-0.4, -0.2) is 87.2 Å². The predicted molar refractivity (Wildman–Crippen MR) is 110 cm³/mol. The summed E-state index contributed by atoms with van der Waals surface area (Å²) < 4.78 is 20.3. The average molecular weight is 449 g/mol. The van der Waals surface area contributed by atoms with Gasteiger partial charge in [0.25, 0.3) is 0 Å². The Balaban J connectivity index is 3.61. The van der Waals surface area contributed by atoms with E-state index in [1.54, 1.807) is 20.8 Å². The Hall–Kier alpha value is -2.24. The van der Waals surface area contributed by atoms with Crippen LogP contribution in [0.2, 0.25) is 0 Å². The lowest BCUT2D eigenvalue weighted by Crippen LogP contribution is -2.30. The third-order valence-electron chi connectivity index (χ3n) is 3.40. The van der Waals surface area contributed by atoms with Crippen LogP contribution in [0.4, 0.5) is 0 Å². The van der Waals surface area contributed by atoms with Crippen molar-refractivity contribution < 1.29 is 43.2 Å². The van der Waals surface area contributed by atoms with Crippen LogP contribution in [0.15, 0.2) is 0 Å². The molecule has 0 aromatic rings. The van der Waals surface area contributed by atoms with Gasteiger partial charge in [-0.25, -0.2) is 0 Å². The molecule has 0 radical (unpaired) electrons. The van der Waals surface area contributed by atoms with Gasteiger partial charge in [-0.2, -0.15) is 0 Å². The van der Waals surface area contributed by atoms with Gasteiger partial charge < -0.3 is 34.7 Å². The standard InChI is InChI=1S/C20H36N2O9/c1-20(2,3)31-19(27)7-5-17(25)22-9-12-30-18(26)6-4-16(24)21-8-11-28-14-15-29-13-10-23/h23H,4-15H2,1-3H3,(H,21,24)(H,22,25). The summed E-state index contributed by atoms with van der Waals surface area (Å²) in [6.07, 6.45) is -0.127. The molecule has 2 amide bonds. The van der Waals surface area contributed by atoms with Gasteiger partial charge in [-0.3, -0.25) is 19.2 Å². The summed E-state index contributed by atoms with van der Waals surface area (Å²) in [6.45, 7) is 6.90. The molecule has 0 heterocycles. The van der Waals surface area contributed by atoms with E-state index in [0.717, 1.165) is 0 Å². The summed E-state index contributed by atoms with van der Waals surface area (Å²) in [5.74, 6) is -1.64. The van der Waals surface area contributed by atoms with Gasteiger partial charge in [0.1, 0.15) is 12.2 Å². The Morgan fingerprint density at radius 2 is 1.23 bits per heavy atom. The van der Waals surface area contributed by atoms with Crippen LogP contribution in [0.3, 0.4) is 0 Å². The van der Waals surface area contributed by atoms with Gasteiger partial charge in [0, 0.05) is 19.4 Å². The topological polar surface area (TPSA) is 149 Å². The van der Waals surface area contributed by atoms with Crippen molar-refractivity contribution in [2.45, 2.75) is 52.1 Å². The highest BCUT2D eigenvalue weighted by Gasteiger charge is 2.17. The molecule has 11 nitrogen and oxygen atoms in total. The Morgan fingerprint density at radius 1 is 0.710 bits per heavy atom. The molecule has 11 heteroatoms. The van der Waals surface area contributed by atoms with Crippen LogP contribution in [0.5, 0.6) is 0 Å². The third kappa shape index (κ3) is 20.8. The molecule has 0 aliphatic heterocycles. The van der Waals surface area contributed by atoms with Crippen LogP contribution in [0, 0.1) is 0 Å². The van der Waals surface area contributed by atoms with E-state index < -0.39 is 17.5 Å². The van der Waals surface area contributed by atoms with E-state index in [9.17, 15) is 19.2 Å². The summed E-state index contributed by atoms with van der Waals surface area (Å²) in [6, 6.07) is 0. The van der Waals surface area contributed by atoms with Crippen molar-refractivity contribution in [3.63, 3.8) is 0 Å². The maximum atomic E-state index is 11.6. The van der Waals surface area contributed by atoms with E-state index in [0.29, 0.717) is 26.4 Å². The number of ether oxygens (including phenoxy) is 4. The van der Waals surface area contributed by atoms with E-state index in [1.807, 2.05) is 0 Å². The lowest BCUT2D eigenvalue weighted by atomic mass is 10.2.